The first-order valence-corrected chi connectivity index (χ1v) is 5.93. The van der Waals surface area contributed by atoms with Gasteiger partial charge in [-0.05, 0) is 0 Å². The summed E-state index contributed by atoms with van der Waals surface area (Å²) < 4.78 is 0. The van der Waals surface area contributed by atoms with E-state index in [0.717, 1.165) is 17.1 Å². The minimum Gasteiger partial charge on any atom is -0.388 e. The lowest BCUT2D eigenvalue weighted by Gasteiger charge is -2.18. The van der Waals surface area contributed by atoms with Crippen LogP contribution in [0.25, 0.3) is 0 Å². The average Bonchev–Trinajstić information content (AvgIpc) is 2.73. The highest BCUT2D eigenvalue weighted by atomic mass is 16.6. The van der Waals surface area contributed by atoms with Crippen molar-refractivity contribution in [3.05, 3.63) is 12.2 Å². The van der Waals surface area contributed by atoms with Crippen LogP contribution in [0.5, 0.6) is 0 Å². The molecular formula is C11H17N3O6. The van der Waals surface area contributed by atoms with E-state index in [4.69, 9.17) is 5.90 Å². The number of nitrogens with one attached hydrogen (secondary N) is 1. The highest BCUT2D eigenvalue weighted by Gasteiger charge is 2.24. The first kappa shape index (κ1) is 16.2. The summed E-state index contributed by atoms with van der Waals surface area (Å²) in [5.74, 6) is 3.35. The number of imide groups is 1. The zero-order chi connectivity index (χ0) is 15.1. The largest absolute Gasteiger partial charge is 0.388 e. The molecule has 1 heterocycles. The lowest BCUT2D eigenvalue weighted by molar-refractivity contribution is -0.137. The van der Waals surface area contributed by atoms with Gasteiger partial charge in [-0.1, -0.05) is 0 Å². The maximum absolute atomic E-state index is 11.5. The van der Waals surface area contributed by atoms with E-state index in [0.29, 0.717) is 0 Å². The van der Waals surface area contributed by atoms with Crippen LogP contribution in [0.4, 0.5) is 0 Å². The lowest BCUT2D eigenvalue weighted by Crippen LogP contribution is -2.42. The molecule has 5 N–H and O–H groups in total. The fraction of sp³-hybridized carbons (Fsp3) is 0.545. The lowest BCUT2D eigenvalue weighted by atomic mass is 10.2. The van der Waals surface area contributed by atoms with E-state index in [1.165, 1.54) is 0 Å². The van der Waals surface area contributed by atoms with E-state index in [1.54, 1.807) is 0 Å². The molecule has 0 aliphatic carbocycles. The molecule has 1 rings (SSSR count). The second-order valence-corrected chi connectivity index (χ2v) is 4.18. The fourth-order valence-electron chi connectivity index (χ4n) is 1.52. The second-order valence-electron chi connectivity index (χ2n) is 4.18. The van der Waals surface area contributed by atoms with Crippen molar-refractivity contribution in [2.75, 3.05) is 19.7 Å². The first-order chi connectivity index (χ1) is 9.45. The number of aliphatic hydroxyl groups excluding tert-OH is 2. The summed E-state index contributed by atoms with van der Waals surface area (Å²) in [6.45, 7) is -0.496. The molecule has 0 aromatic carbocycles. The predicted octanol–water partition coefficient (Wildman–Crippen LogP) is -2.97. The molecule has 2 unspecified atom stereocenters. The summed E-state index contributed by atoms with van der Waals surface area (Å²) in [6, 6.07) is 0. The van der Waals surface area contributed by atoms with Crippen LogP contribution in [0.2, 0.25) is 0 Å². The standard InChI is InChI=1S/C11H17N3O6/c12-20-6-8(16)7(15)5-13-9(17)3-4-14-10(18)1-2-11(14)19/h1-2,7-8,15-16H,3-6,12H2,(H,13,17). The van der Waals surface area contributed by atoms with Crippen molar-refractivity contribution in [1.29, 1.82) is 0 Å². The van der Waals surface area contributed by atoms with Gasteiger partial charge in [0.25, 0.3) is 11.8 Å². The number of carbonyl (C=O) groups is 3. The van der Waals surface area contributed by atoms with E-state index >= 15 is 0 Å². The van der Waals surface area contributed by atoms with Crippen LogP contribution >= 0.6 is 0 Å². The maximum Gasteiger partial charge on any atom is 0.253 e. The second kappa shape index (κ2) is 7.70. The topological polar surface area (TPSA) is 142 Å². The Hall–Kier alpha value is -1.81. The number of nitrogens with zero attached hydrogens (tertiary/aromatic N) is 1. The van der Waals surface area contributed by atoms with Crippen molar-refractivity contribution in [2.24, 2.45) is 5.90 Å². The Morgan fingerprint density at radius 2 is 1.90 bits per heavy atom. The van der Waals surface area contributed by atoms with E-state index in [2.05, 4.69) is 10.2 Å². The number of amides is 3. The smallest absolute Gasteiger partial charge is 0.253 e. The van der Waals surface area contributed by atoms with Crippen LogP contribution in [0.3, 0.4) is 0 Å². The van der Waals surface area contributed by atoms with Gasteiger partial charge in [-0.15, -0.1) is 0 Å². The third-order valence-corrected chi connectivity index (χ3v) is 2.68. The molecule has 2 atom stereocenters. The Balaban J connectivity index is 2.24. The molecule has 9 heteroatoms. The predicted molar refractivity (Wildman–Crippen MR) is 65.6 cm³/mol. The maximum atomic E-state index is 11.5. The minimum atomic E-state index is -1.22. The van der Waals surface area contributed by atoms with E-state index in [-0.39, 0.29) is 26.1 Å². The van der Waals surface area contributed by atoms with Gasteiger partial charge in [-0.25, -0.2) is 5.90 Å². The van der Waals surface area contributed by atoms with Gasteiger partial charge < -0.3 is 20.4 Å². The van der Waals surface area contributed by atoms with Crippen LogP contribution in [0.1, 0.15) is 6.42 Å². The van der Waals surface area contributed by atoms with Crippen molar-refractivity contribution in [3.63, 3.8) is 0 Å². The van der Waals surface area contributed by atoms with Crippen molar-refractivity contribution in [3.8, 4) is 0 Å². The van der Waals surface area contributed by atoms with Crippen molar-refractivity contribution >= 4 is 17.7 Å². The van der Waals surface area contributed by atoms with Crippen LogP contribution in [-0.2, 0) is 19.2 Å². The molecule has 0 radical (unpaired) electrons. The zero-order valence-electron chi connectivity index (χ0n) is 10.7. The molecule has 0 spiro atoms. The van der Waals surface area contributed by atoms with Gasteiger partial charge in [0.15, 0.2) is 0 Å². The van der Waals surface area contributed by atoms with Gasteiger partial charge in [0.05, 0.1) is 12.7 Å². The monoisotopic (exact) mass is 287 g/mol. The molecule has 0 aromatic heterocycles. The van der Waals surface area contributed by atoms with Crippen LogP contribution in [-0.4, -0.2) is 64.7 Å². The van der Waals surface area contributed by atoms with Crippen molar-refractivity contribution in [1.82, 2.24) is 10.2 Å². The number of nitrogens with two attached hydrogens (primary N) is 1. The fourth-order valence-corrected chi connectivity index (χ4v) is 1.52. The molecule has 0 saturated heterocycles. The van der Waals surface area contributed by atoms with E-state index in [9.17, 15) is 24.6 Å². The van der Waals surface area contributed by atoms with Crippen molar-refractivity contribution < 1.29 is 29.4 Å². The van der Waals surface area contributed by atoms with Crippen LogP contribution in [0, 0.1) is 0 Å². The summed E-state index contributed by atoms with van der Waals surface area (Å²) in [4.78, 5) is 39.0. The summed E-state index contributed by atoms with van der Waals surface area (Å²) in [6.07, 6.45) is -0.263. The van der Waals surface area contributed by atoms with Crippen LogP contribution < -0.4 is 11.2 Å². The molecule has 0 saturated carbocycles. The third-order valence-electron chi connectivity index (χ3n) is 2.68. The molecule has 20 heavy (non-hydrogen) atoms. The summed E-state index contributed by atoms with van der Waals surface area (Å²) in [7, 11) is 0. The van der Waals surface area contributed by atoms with Crippen molar-refractivity contribution in [2.45, 2.75) is 18.6 Å². The third kappa shape index (κ3) is 4.70. The van der Waals surface area contributed by atoms with Gasteiger partial charge >= 0.3 is 0 Å². The summed E-state index contributed by atoms with van der Waals surface area (Å²) in [5.41, 5.74) is 0. The van der Waals surface area contributed by atoms with Gasteiger partial charge in [-0.2, -0.15) is 0 Å². The molecular weight excluding hydrogens is 270 g/mol. The molecule has 1 aliphatic heterocycles. The normalized spacial score (nSPS) is 17.4. The molecule has 3 amide bonds. The first-order valence-electron chi connectivity index (χ1n) is 5.93. The quantitative estimate of drug-likeness (QED) is 0.276. The van der Waals surface area contributed by atoms with Crippen LogP contribution in [0.15, 0.2) is 12.2 Å². The Labute approximate surface area is 114 Å². The number of hydrogen-bond donors (Lipinski definition) is 4. The van der Waals surface area contributed by atoms with Gasteiger partial charge in [-0.3, -0.25) is 19.3 Å². The Morgan fingerprint density at radius 3 is 2.45 bits per heavy atom. The van der Waals surface area contributed by atoms with Gasteiger partial charge in [0, 0.05) is 31.7 Å². The number of hydrogen-bond acceptors (Lipinski definition) is 7. The Bertz CT molecular complexity index is 393. The van der Waals surface area contributed by atoms with Gasteiger partial charge in [0.2, 0.25) is 5.91 Å². The highest BCUT2D eigenvalue weighted by molar-refractivity contribution is 6.13. The number of carbonyl (C=O) groups excluding carboxylic acids is 3. The molecule has 112 valence electrons. The summed E-state index contributed by atoms with van der Waals surface area (Å²) in [5, 5.41) is 21.1. The minimum absolute atomic E-state index is 0.0406. The average molecular weight is 287 g/mol. The Kier molecular flexibility index (Phi) is 6.25. The van der Waals surface area contributed by atoms with E-state index in [1.807, 2.05) is 0 Å². The zero-order valence-corrected chi connectivity index (χ0v) is 10.7. The summed E-state index contributed by atoms with van der Waals surface area (Å²) >= 11 is 0. The molecule has 1 aliphatic rings. The molecule has 0 aromatic rings. The number of rotatable bonds is 8. The molecule has 0 bridgehead atoms. The van der Waals surface area contributed by atoms with Gasteiger partial charge in [0.1, 0.15) is 6.10 Å². The van der Waals surface area contributed by atoms with E-state index < -0.39 is 29.9 Å². The molecule has 0 fully saturated rings. The number of aliphatic hydroxyl groups is 2. The SMILES string of the molecule is NOCC(O)C(O)CNC(=O)CCN1C(=O)C=CC1=O. The Morgan fingerprint density at radius 1 is 1.30 bits per heavy atom. The highest BCUT2D eigenvalue weighted by Crippen LogP contribution is 2.04. The molecule has 9 nitrogen and oxygen atoms in total.